The van der Waals surface area contributed by atoms with Crippen molar-refractivity contribution in [2.45, 2.75) is 32.6 Å². The molecule has 0 radical (unpaired) electrons. The van der Waals surface area contributed by atoms with Crippen LogP contribution in [-0.4, -0.2) is 35.0 Å². The summed E-state index contributed by atoms with van der Waals surface area (Å²) in [5.41, 5.74) is 1.76. The Balaban J connectivity index is 0.00000117. The summed E-state index contributed by atoms with van der Waals surface area (Å²) < 4.78 is 26.9. The van der Waals surface area contributed by atoms with Crippen LogP contribution in [-0.2, 0) is 0 Å². The summed E-state index contributed by atoms with van der Waals surface area (Å²) in [5, 5.41) is 3.85. The first kappa shape index (κ1) is 21.3. The van der Waals surface area contributed by atoms with Crippen LogP contribution in [0.4, 0.5) is 19.7 Å². The highest BCUT2D eigenvalue weighted by Gasteiger charge is 2.19. The zero-order valence-corrected chi connectivity index (χ0v) is 17.8. The molecule has 1 fully saturated rings. The van der Waals surface area contributed by atoms with E-state index in [0.717, 1.165) is 37.8 Å². The van der Waals surface area contributed by atoms with Crippen molar-refractivity contribution in [1.29, 1.82) is 0 Å². The minimum absolute atomic E-state index is 0.478. The Hall–Kier alpha value is -2.38. The molecule has 1 aromatic carbocycles. The van der Waals surface area contributed by atoms with Gasteiger partial charge in [0.05, 0.1) is 4.88 Å². The van der Waals surface area contributed by atoms with Gasteiger partial charge in [-0.1, -0.05) is 25.2 Å². The summed E-state index contributed by atoms with van der Waals surface area (Å²) >= 11 is 1.34. The van der Waals surface area contributed by atoms with Gasteiger partial charge in [0, 0.05) is 18.5 Å². The van der Waals surface area contributed by atoms with E-state index in [0.29, 0.717) is 21.5 Å². The molecule has 2 aromatic heterocycles. The van der Waals surface area contributed by atoms with Gasteiger partial charge in [0.25, 0.3) is 0 Å². The number of hydrogen-bond donors (Lipinski definition) is 1. The summed E-state index contributed by atoms with van der Waals surface area (Å²) in [6.45, 7) is 6.21. The van der Waals surface area contributed by atoms with Crippen LogP contribution in [0.2, 0.25) is 0 Å². The second-order valence-electron chi connectivity index (χ2n) is 6.86. The van der Waals surface area contributed by atoms with Crippen molar-refractivity contribution in [3.8, 4) is 10.4 Å². The average Bonchev–Trinajstić information content (AvgIpc) is 3.18. The van der Waals surface area contributed by atoms with E-state index in [9.17, 15) is 8.78 Å². The molecule has 0 aliphatic carbocycles. The van der Waals surface area contributed by atoms with Crippen LogP contribution < -0.4 is 5.32 Å². The molecule has 0 amide bonds. The van der Waals surface area contributed by atoms with E-state index in [1.165, 1.54) is 29.0 Å². The number of halogens is 2. The van der Waals surface area contributed by atoms with Crippen LogP contribution in [0.1, 0.15) is 38.2 Å². The van der Waals surface area contributed by atoms with Crippen LogP contribution in [0, 0.1) is 11.6 Å². The molecule has 4 rings (SSSR count). The first-order chi connectivity index (χ1) is 14.1. The average molecular weight is 417 g/mol. The molecule has 1 aliphatic heterocycles. The van der Waals surface area contributed by atoms with E-state index in [2.05, 4.69) is 39.4 Å². The van der Waals surface area contributed by atoms with Crippen LogP contribution in [0.5, 0.6) is 0 Å². The second kappa shape index (κ2) is 9.89. The van der Waals surface area contributed by atoms with Crippen molar-refractivity contribution in [3.05, 3.63) is 59.9 Å². The number of pyridine rings is 1. The molecule has 3 aromatic rings. The summed E-state index contributed by atoms with van der Waals surface area (Å²) in [7, 11) is 2.15. The number of anilines is 2. The van der Waals surface area contributed by atoms with Crippen LogP contribution in [0.15, 0.2) is 42.7 Å². The molecule has 7 heteroatoms. The lowest BCUT2D eigenvalue weighted by Gasteiger charge is -2.29. The third-order valence-electron chi connectivity index (χ3n) is 4.86. The molecule has 0 bridgehead atoms. The number of piperidine rings is 1. The summed E-state index contributed by atoms with van der Waals surface area (Å²) in [5.74, 6) is 0.0884. The molecule has 0 spiro atoms. The third kappa shape index (κ3) is 5.58. The Morgan fingerprint density at radius 1 is 1.03 bits per heavy atom. The van der Waals surface area contributed by atoms with Gasteiger partial charge in [-0.2, -0.15) is 0 Å². The van der Waals surface area contributed by atoms with E-state index < -0.39 is 11.6 Å². The molecule has 3 heterocycles. The second-order valence-corrected chi connectivity index (χ2v) is 7.90. The van der Waals surface area contributed by atoms with Crippen molar-refractivity contribution in [2.24, 2.45) is 0 Å². The van der Waals surface area contributed by atoms with Gasteiger partial charge in [0.2, 0.25) is 0 Å². The standard InChI is InChI=1S/C20H20F2N4S.C2H6/c1-26-6-3-13(4-7-26)14-2-5-23-19(10-14)25-20-24-12-18(27-20)15-8-16(21)11-17(22)9-15;1-2/h2,5,8-13H,3-4,6-7H2,1H3,(H,23,24,25);1-2H3. The first-order valence-corrected chi connectivity index (χ1v) is 10.7. The molecule has 0 saturated carbocycles. The van der Waals surface area contributed by atoms with Gasteiger partial charge in [-0.3, -0.25) is 0 Å². The first-order valence-electron chi connectivity index (χ1n) is 9.90. The summed E-state index contributed by atoms with van der Waals surface area (Å²) in [4.78, 5) is 11.7. The van der Waals surface area contributed by atoms with Crippen LogP contribution in [0.25, 0.3) is 10.4 Å². The SMILES string of the molecule is CC.CN1CCC(c2ccnc(Nc3ncc(-c4cc(F)cc(F)c4)s3)c2)CC1. The molecule has 1 saturated heterocycles. The number of aromatic nitrogens is 2. The molecule has 0 atom stereocenters. The van der Waals surface area contributed by atoms with Gasteiger partial charge in [-0.15, -0.1) is 0 Å². The highest BCUT2D eigenvalue weighted by atomic mass is 32.1. The monoisotopic (exact) mass is 416 g/mol. The number of hydrogen-bond acceptors (Lipinski definition) is 5. The van der Waals surface area contributed by atoms with Gasteiger partial charge in [0.15, 0.2) is 5.13 Å². The number of benzene rings is 1. The van der Waals surface area contributed by atoms with E-state index in [1.54, 1.807) is 6.20 Å². The van der Waals surface area contributed by atoms with E-state index in [1.807, 2.05) is 20.0 Å². The number of likely N-dealkylation sites (tertiary alicyclic amines) is 1. The minimum Gasteiger partial charge on any atom is -0.316 e. The molecule has 154 valence electrons. The fourth-order valence-electron chi connectivity index (χ4n) is 3.38. The highest BCUT2D eigenvalue weighted by Crippen LogP contribution is 2.32. The third-order valence-corrected chi connectivity index (χ3v) is 5.82. The fraction of sp³-hybridized carbons (Fsp3) is 0.364. The van der Waals surface area contributed by atoms with E-state index in [4.69, 9.17) is 0 Å². The molecule has 1 N–H and O–H groups in total. The quantitative estimate of drug-likeness (QED) is 0.561. The lowest BCUT2D eigenvalue weighted by Crippen LogP contribution is -2.29. The number of nitrogens with one attached hydrogen (secondary N) is 1. The smallest absolute Gasteiger partial charge is 0.188 e. The molecule has 1 aliphatic rings. The lowest BCUT2D eigenvalue weighted by atomic mass is 9.90. The van der Waals surface area contributed by atoms with Gasteiger partial charge in [-0.25, -0.2) is 18.7 Å². The largest absolute Gasteiger partial charge is 0.316 e. The predicted octanol–water partition coefficient (Wildman–Crippen LogP) is 6.06. The maximum absolute atomic E-state index is 13.4. The van der Waals surface area contributed by atoms with E-state index >= 15 is 0 Å². The number of rotatable bonds is 4. The predicted molar refractivity (Wildman–Crippen MR) is 116 cm³/mol. The summed E-state index contributed by atoms with van der Waals surface area (Å²) in [6.07, 6.45) is 5.72. The lowest BCUT2D eigenvalue weighted by molar-refractivity contribution is 0.255. The Kier molecular flexibility index (Phi) is 7.28. The Labute approximate surface area is 174 Å². The molecular weight excluding hydrogens is 390 g/mol. The van der Waals surface area contributed by atoms with Crippen molar-refractivity contribution in [3.63, 3.8) is 0 Å². The van der Waals surface area contributed by atoms with Gasteiger partial charge >= 0.3 is 0 Å². The molecule has 0 unspecified atom stereocenters. The van der Waals surface area contributed by atoms with Gasteiger partial charge in [0.1, 0.15) is 17.5 Å². The molecular formula is C22H26F2N4S. The van der Waals surface area contributed by atoms with Gasteiger partial charge in [-0.05, 0) is 74.3 Å². The van der Waals surface area contributed by atoms with E-state index in [-0.39, 0.29) is 0 Å². The van der Waals surface area contributed by atoms with Crippen LogP contribution >= 0.6 is 11.3 Å². The number of thiazole rings is 1. The maximum atomic E-state index is 13.4. The normalized spacial score (nSPS) is 14.9. The molecule has 4 nitrogen and oxygen atoms in total. The Morgan fingerprint density at radius 2 is 1.72 bits per heavy atom. The Morgan fingerprint density at radius 3 is 2.41 bits per heavy atom. The summed E-state index contributed by atoms with van der Waals surface area (Å²) in [6, 6.07) is 7.61. The van der Waals surface area contributed by atoms with Crippen molar-refractivity contribution in [2.75, 3.05) is 25.5 Å². The fourth-order valence-corrected chi connectivity index (χ4v) is 4.19. The topological polar surface area (TPSA) is 41.1 Å². The number of nitrogens with zero attached hydrogens (tertiary/aromatic N) is 3. The maximum Gasteiger partial charge on any atom is 0.188 e. The van der Waals surface area contributed by atoms with Gasteiger partial charge < -0.3 is 10.2 Å². The van der Waals surface area contributed by atoms with Crippen LogP contribution in [0.3, 0.4) is 0 Å². The zero-order chi connectivity index (χ0) is 20.8. The van der Waals surface area contributed by atoms with Crippen molar-refractivity contribution >= 4 is 22.3 Å². The Bertz CT molecular complexity index is 916. The minimum atomic E-state index is -0.597. The van der Waals surface area contributed by atoms with Crippen molar-refractivity contribution in [1.82, 2.24) is 14.9 Å². The highest BCUT2D eigenvalue weighted by molar-refractivity contribution is 7.18. The zero-order valence-electron chi connectivity index (χ0n) is 17.0. The molecule has 29 heavy (non-hydrogen) atoms. The van der Waals surface area contributed by atoms with Crippen molar-refractivity contribution < 1.29 is 8.78 Å².